The van der Waals surface area contributed by atoms with Crippen LogP contribution in [0, 0.1) is 17.9 Å². The van der Waals surface area contributed by atoms with Crippen LogP contribution in [-0.4, -0.2) is 10.6 Å². The first-order chi connectivity index (χ1) is 10.6. The first kappa shape index (κ1) is 16.4. The molecule has 0 aromatic heterocycles. The van der Waals surface area contributed by atoms with Crippen molar-refractivity contribution in [3.05, 3.63) is 76.6 Å². The molecule has 0 amide bonds. The minimum Gasteiger partial charge on any atom is -0.293 e. The molecule has 5 heteroatoms. The summed E-state index contributed by atoms with van der Waals surface area (Å²) in [5, 5.41) is 8.81. The second-order valence-corrected chi connectivity index (χ2v) is 6.53. The van der Waals surface area contributed by atoms with Gasteiger partial charge in [0.05, 0.1) is 27.9 Å². The summed E-state index contributed by atoms with van der Waals surface area (Å²) in [6, 6.07) is 15.7. The first-order valence-electron chi connectivity index (χ1n) is 6.36. The number of benzene rings is 2. The minimum atomic E-state index is -0.445. The molecule has 3 nitrogen and oxygen atoms in total. The predicted molar refractivity (Wildman–Crippen MR) is 92.6 cm³/mol. The molecule has 2 atom stereocenters. The van der Waals surface area contributed by atoms with Crippen LogP contribution in [0.4, 0.5) is 5.69 Å². The van der Waals surface area contributed by atoms with E-state index in [4.69, 9.17) is 11.8 Å². The van der Waals surface area contributed by atoms with Crippen LogP contribution in [0.2, 0.25) is 0 Å². The molecule has 0 fully saturated rings. The van der Waals surface area contributed by atoms with E-state index in [9.17, 15) is 4.79 Å². The van der Waals surface area contributed by atoms with E-state index in [-0.39, 0.29) is 10.6 Å². The summed E-state index contributed by atoms with van der Waals surface area (Å²) in [7, 11) is 0. The lowest BCUT2D eigenvalue weighted by atomic mass is 10.0. The van der Waals surface area contributed by atoms with Crippen LogP contribution in [-0.2, 0) is 0 Å². The molecule has 0 bridgehead atoms. The number of Topliss-reactive ketones (excluding diaryl/α,β-unsaturated/α-hetero) is 1. The molecule has 0 aliphatic carbocycles. The molecule has 0 saturated heterocycles. The summed E-state index contributed by atoms with van der Waals surface area (Å²) in [5.41, 5.74) is 2.54. The molecule has 0 radical (unpaired) electrons. The Kier molecular flexibility index (Phi) is 5.49. The van der Waals surface area contributed by atoms with Crippen molar-refractivity contribution < 1.29 is 4.79 Å². The normalized spacial score (nSPS) is 12.7. The van der Waals surface area contributed by atoms with Gasteiger partial charge in [-0.05, 0) is 17.7 Å². The van der Waals surface area contributed by atoms with Crippen molar-refractivity contribution in [2.75, 3.05) is 0 Å². The van der Waals surface area contributed by atoms with E-state index in [0.29, 0.717) is 16.8 Å². The number of nitrogens with zero attached hydrogens (tertiary/aromatic N) is 2. The summed E-state index contributed by atoms with van der Waals surface area (Å²) in [6.45, 7) is 6.92. The van der Waals surface area contributed by atoms with Crippen LogP contribution in [0.15, 0.2) is 48.5 Å². The Morgan fingerprint density at radius 1 is 1.09 bits per heavy atom. The molecular weight excluding hydrogens is 408 g/mol. The first-order valence-corrected chi connectivity index (χ1v) is 8.20. The zero-order valence-corrected chi connectivity index (χ0v) is 14.5. The number of ketones is 1. The molecule has 2 aromatic rings. The van der Waals surface area contributed by atoms with Gasteiger partial charge in [-0.15, -0.1) is 0 Å². The number of carbonyl (C=O) groups excluding carboxylic acids is 1. The molecule has 108 valence electrons. The Labute approximate surface area is 145 Å². The van der Waals surface area contributed by atoms with Crippen molar-refractivity contribution in [1.29, 1.82) is 5.26 Å². The van der Waals surface area contributed by atoms with E-state index in [2.05, 4.69) is 42.8 Å². The van der Waals surface area contributed by atoms with Crippen molar-refractivity contribution in [2.24, 2.45) is 0 Å². The zero-order chi connectivity index (χ0) is 16.1. The van der Waals surface area contributed by atoms with Crippen LogP contribution in [0.3, 0.4) is 0 Å². The maximum absolute atomic E-state index is 12.5. The van der Waals surface area contributed by atoms with Gasteiger partial charge in [0.1, 0.15) is 0 Å². The highest BCUT2D eigenvalue weighted by Gasteiger charge is 2.25. The molecule has 0 aliphatic rings. The Morgan fingerprint density at radius 2 is 1.68 bits per heavy atom. The average molecular weight is 418 g/mol. The molecular formula is C17H10Br2N2O. The highest BCUT2D eigenvalue weighted by atomic mass is 79.9. The van der Waals surface area contributed by atoms with Crippen LogP contribution < -0.4 is 0 Å². The Hall–Kier alpha value is -1.95. The lowest BCUT2D eigenvalue weighted by Crippen LogP contribution is -2.19. The van der Waals surface area contributed by atoms with Crippen molar-refractivity contribution >= 4 is 43.3 Å². The van der Waals surface area contributed by atoms with Crippen LogP contribution in [0.5, 0.6) is 0 Å². The van der Waals surface area contributed by atoms with Crippen molar-refractivity contribution in [2.45, 2.75) is 9.65 Å². The lowest BCUT2D eigenvalue weighted by molar-refractivity contribution is 0.0991. The largest absolute Gasteiger partial charge is 0.293 e. The topological polar surface area (TPSA) is 45.2 Å². The standard InChI is InChI=1S/C17H10Br2N2O/c1-21-14-8-6-13(7-9-14)17(22)16(19)15(18)12-4-2-11(10-20)3-5-12/h2-9,15-16H. The van der Waals surface area contributed by atoms with Crippen LogP contribution in [0.1, 0.15) is 26.3 Å². The number of halogens is 2. The third-order valence-electron chi connectivity index (χ3n) is 3.15. The van der Waals surface area contributed by atoms with Crippen molar-refractivity contribution in [1.82, 2.24) is 0 Å². The summed E-state index contributed by atoms with van der Waals surface area (Å²) < 4.78 is 0. The second-order valence-electron chi connectivity index (χ2n) is 4.56. The van der Waals surface area contributed by atoms with Gasteiger partial charge in [0.2, 0.25) is 0 Å². The van der Waals surface area contributed by atoms with Gasteiger partial charge in [-0.25, -0.2) is 4.85 Å². The van der Waals surface area contributed by atoms with E-state index >= 15 is 0 Å². The summed E-state index contributed by atoms with van der Waals surface area (Å²) >= 11 is 6.96. The van der Waals surface area contributed by atoms with Gasteiger partial charge in [0.25, 0.3) is 0 Å². The summed E-state index contributed by atoms with van der Waals surface area (Å²) in [4.78, 5) is 15.1. The number of hydrogen-bond donors (Lipinski definition) is 0. The Morgan fingerprint density at radius 3 is 2.18 bits per heavy atom. The molecule has 2 unspecified atom stereocenters. The fourth-order valence-corrected chi connectivity index (χ4v) is 3.02. The van der Waals surface area contributed by atoms with Crippen molar-refractivity contribution in [3.63, 3.8) is 0 Å². The third-order valence-corrected chi connectivity index (χ3v) is 5.86. The third kappa shape index (κ3) is 3.62. The minimum absolute atomic E-state index is 0.0669. The van der Waals surface area contributed by atoms with Gasteiger partial charge in [0.15, 0.2) is 11.5 Å². The number of alkyl halides is 2. The average Bonchev–Trinajstić information content (AvgIpc) is 2.60. The summed E-state index contributed by atoms with van der Waals surface area (Å²) in [6.07, 6.45) is 0. The SMILES string of the molecule is [C-]#[N+]c1ccc(C(=O)C(Br)C(Br)c2ccc(C#N)cc2)cc1. The van der Waals surface area contributed by atoms with Gasteiger partial charge in [-0.3, -0.25) is 4.79 Å². The molecule has 0 heterocycles. The van der Waals surface area contributed by atoms with Crippen LogP contribution in [0.25, 0.3) is 4.85 Å². The lowest BCUT2D eigenvalue weighted by Gasteiger charge is -2.16. The quantitative estimate of drug-likeness (QED) is 0.390. The smallest absolute Gasteiger partial charge is 0.187 e. The summed E-state index contributed by atoms with van der Waals surface area (Å²) in [5.74, 6) is -0.0669. The highest BCUT2D eigenvalue weighted by Crippen LogP contribution is 2.33. The Bertz CT molecular complexity index is 755. The Balaban J connectivity index is 2.18. The maximum Gasteiger partial charge on any atom is 0.187 e. The molecule has 2 aromatic carbocycles. The number of rotatable bonds is 4. The molecule has 0 aliphatic heterocycles. The van der Waals surface area contributed by atoms with Crippen molar-refractivity contribution in [3.8, 4) is 6.07 Å². The fourth-order valence-electron chi connectivity index (χ4n) is 1.90. The fraction of sp³-hybridized carbons (Fsp3) is 0.118. The van der Waals surface area contributed by atoms with Gasteiger partial charge in [0, 0.05) is 5.56 Å². The molecule has 2 rings (SSSR count). The predicted octanol–water partition coefficient (Wildman–Crippen LogP) is 5.19. The van der Waals surface area contributed by atoms with Gasteiger partial charge < -0.3 is 0 Å². The van der Waals surface area contributed by atoms with Gasteiger partial charge >= 0.3 is 0 Å². The van der Waals surface area contributed by atoms with Gasteiger partial charge in [-0.1, -0.05) is 68.3 Å². The monoisotopic (exact) mass is 416 g/mol. The molecule has 0 saturated carbocycles. The molecule has 0 N–H and O–H groups in total. The number of carbonyl (C=O) groups is 1. The highest BCUT2D eigenvalue weighted by molar-refractivity contribution is 9.12. The zero-order valence-electron chi connectivity index (χ0n) is 11.3. The van der Waals surface area contributed by atoms with Crippen LogP contribution >= 0.6 is 31.9 Å². The van der Waals surface area contributed by atoms with Gasteiger partial charge in [-0.2, -0.15) is 5.26 Å². The number of nitriles is 1. The second kappa shape index (κ2) is 7.35. The van der Waals surface area contributed by atoms with E-state index in [0.717, 1.165) is 5.56 Å². The molecule has 22 heavy (non-hydrogen) atoms. The van der Waals surface area contributed by atoms with E-state index in [1.807, 2.05) is 12.1 Å². The van der Waals surface area contributed by atoms with E-state index < -0.39 is 4.83 Å². The van der Waals surface area contributed by atoms with E-state index in [1.165, 1.54) is 0 Å². The number of hydrogen-bond acceptors (Lipinski definition) is 2. The van der Waals surface area contributed by atoms with E-state index in [1.54, 1.807) is 36.4 Å². The molecule has 0 spiro atoms. The maximum atomic E-state index is 12.5.